The van der Waals surface area contributed by atoms with Gasteiger partial charge in [-0.05, 0) is 6.92 Å². The quantitative estimate of drug-likeness (QED) is 0.754. The molecule has 0 aromatic carbocycles. The summed E-state index contributed by atoms with van der Waals surface area (Å²) in [6.07, 6.45) is 3.88. The lowest BCUT2D eigenvalue weighted by Gasteiger charge is -2.07. The molecule has 1 unspecified atom stereocenters. The molecular weight excluding hydrogens is 218 g/mol. The fourth-order valence-corrected chi connectivity index (χ4v) is 1.65. The molecule has 6 heteroatoms. The van der Waals surface area contributed by atoms with E-state index < -0.39 is 0 Å². The first kappa shape index (κ1) is 11.9. The van der Waals surface area contributed by atoms with Crippen molar-refractivity contribution in [2.24, 2.45) is 4.99 Å². The first-order valence-electron chi connectivity index (χ1n) is 5.83. The normalized spacial score (nSPS) is 18.9. The van der Waals surface area contributed by atoms with E-state index in [1.807, 2.05) is 17.1 Å². The van der Waals surface area contributed by atoms with Crippen molar-refractivity contribution >= 4 is 5.96 Å². The molecule has 1 aromatic heterocycles. The number of aromatic nitrogens is 2. The Morgan fingerprint density at radius 1 is 1.65 bits per heavy atom. The van der Waals surface area contributed by atoms with Crippen LogP contribution in [-0.4, -0.2) is 42.0 Å². The second kappa shape index (κ2) is 5.67. The highest BCUT2D eigenvalue weighted by atomic mass is 16.5. The van der Waals surface area contributed by atoms with E-state index in [1.165, 1.54) is 0 Å². The van der Waals surface area contributed by atoms with Crippen LogP contribution in [0, 0.1) is 0 Å². The summed E-state index contributed by atoms with van der Waals surface area (Å²) in [5, 5.41) is 10.8. The van der Waals surface area contributed by atoms with E-state index in [0.29, 0.717) is 12.6 Å². The molecular formula is C11H19N5O. The first-order chi connectivity index (χ1) is 8.28. The van der Waals surface area contributed by atoms with E-state index in [4.69, 9.17) is 4.74 Å². The molecule has 1 aliphatic rings. The number of aliphatic imine (C=N–C) groups is 1. The number of rotatable bonds is 5. The SMILES string of the molecule is COCCn1cc(CNC2=NCC(C)N2)cn1. The Morgan fingerprint density at radius 3 is 3.24 bits per heavy atom. The predicted molar refractivity (Wildman–Crippen MR) is 65.8 cm³/mol. The fourth-order valence-electron chi connectivity index (χ4n) is 1.65. The van der Waals surface area contributed by atoms with Crippen molar-refractivity contribution in [2.45, 2.75) is 26.1 Å². The zero-order chi connectivity index (χ0) is 12.1. The third-order valence-corrected chi connectivity index (χ3v) is 2.58. The van der Waals surface area contributed by atoms with Crippen LogP contribution in [0.25, 0.3) is 0 Å². The van der Waals surface area contributed by atoms with Crippen LogP contribution >= 0.6 is 0 Å². The van der Waals surface area contributed by atoms with Gasteiger partial charge in [0.25, 0.3) is 0 Å². The lowest BCUT2D eigenvalue weighted by atomic mass is 10.3. The van der Waals surface area contributed by atoms with Crippen molar-refractivity contribution in [1.82, 2.24) is 20.4 Å². The summed E-state index contributed by atoms with van der Waals surface area (Å²) >= 11 is 0. The molecule has 6 nitrogen and oxygen atoms in total. The average molecular weight is 237 g/mol. The lowest BCUT2D eigenvalue weighted by molar-refractivity contribution is 0.183. The summed E-state index contributed by atoms with van der Waals surface area (Å²) in [6, 6.07) is 0.432. The molecule has 0 aliphatic carbocycles. The molecule has 1 aliphatic heterocycles. The predicted octanol–water partition coefficient (Wildman–Crippen LogP) is -0.0332. The van der Waals surface area contributed by atoms with E-state index in [9.17, 15) is 0 Å². The van der Waals surface area contributed by atoms with Crippen LogP contribution in [0.15, 0.2) is 17.4 Å². The highest BCUT2D eigenvalue weighted by Gasteiger charge is 2.11. The molecule has 0 spiro atoms. The third-order valence-electron chi connectivity index (χ3n) is 2.58. The van der Waals surface area contributed by atoms with Gasteiger partial charge < -0.3 is 15.4 Å². The maximum Gasteiger partial charge on any atom is 0.191 e. The molecule has 0 bridgehead atoms. The van der Waals surface area contributed by atoms with E-state index >= 15 is 0 Å². The van der Waals surface area contributed by atoms with Gasteiger partial charge in [-0.1, -0.05) is 0 Å². The Hall–Kier alpha value is -1.56. The smallest absolute Gasteiger partial charge is 0.191 e. The summed E-state index contributed by atoms with van der Waals surface area (Å²) < 4.78 is 6.88. The van der Waals surface area contributed by atoms with Gasteiger partial charge in [-0.2, -0.15) is 5.10 Å². The molecule has 0 saturated carbocycles. The van der Waals surface area contributed by atoms with Gasteiger partial charge in [0.05, 0.1) is 25.9 Å². The van der Waals surface area contributed by atoms with E-state index in [1.54, 1.807) is 7.11 Å². The summed E-state index contributed by atoms with van der Waals surface area (Å²) in [4.78, 5) is 4.34. The number of nitrogens with one attached hydrogen (secondary N) is 2. The highest BCUT2D eigenvalue weighted by Crippen LogP contribution is 1.98. The van der Waals surface area contributed by atoms with E-state index in [-0.39, 0.29) is 0 Å². The van der Waals surface area contributed by atoms with Crippen LogP contribution in [0.5, 0.6) is 0 Å². The van der Waals surface area contributed by atoms with Crippen LogP contribution in [0.2, 0.25) is 0 Å². The minimum atomic E-state index is 0.432. The first-order valence-corrected chi connectivity index (χ1v) is 5.83. The lowest BCUT2D eigenvalue weighted by Crippen LogP contribution is -2.37. The van der Waals surface area contributed by atoms with Crippen LogP contribution in [-0.2, 0) is 17.8 Å². The minimum absolute atomic E-state index is 0.432. The monoisotopic (exact) mass is 237 g/mol. The molecule has 94 valence electrons. The van der Waals surface area contributed by atoms with E-state index in [2.05, 4.69) is 27.6 Å². The largest absolute Gasteiger partial charge is 0.383 e. The Labute approximate surface area is 101 Å². The van der Waals surface area contributed by atoms with Gasteiger partial charge in [-0.3, -0.25) is 9.67 Å². The second-order valence-corrected chi connectivity index (χ2v) is 4.19. The summed E-state index contributed by atoms with van der Waals surface area (Å²) in [6.45, 7) is 5.16. The highest BCUT2D eigenvalue weighted by molar-refractivity contribution is 5.81. The topological polar surface area (TPSA) is 63.5 Å². The standard InChI is InChI=1S/C11H19N5O/c1-9-5-12-11(15-9)13-6-10-7-14-16(8-10)3-4-17-2/h7-9H,3-6H2,1-2H3,(H2,12,13,15). The molecule has 0 radical (unpaired) electrons. The van der Waals surface area contributed by atoms with Gasteiger partial charge in [-0.15, -0.1) is 0 Å². The summed E-state index contributed by atoms with van der Waals surface area (Å²) in [7, 11) is 1.69. The Balaban J connectivity index is 1.77. The molecule has 17 heavy (non-hydrogen) atoms. The number of nitrogens with zero attached hydrogens (tertiary/aromatic N) is 3. The second-order valence-electron chi connectivity index (χ2n) is 4.19. The third kappa shape index (κ3) is 3.45. The van der Waals surface area contributed by atoms with Crippen molar-refractivity contribution in [2.75, 3.05) is 20.3 Å². The van der Waals surface area contributed by atoms with Crippen LogP contribution in [0.4, 0.5) is 0 Å². The van der Waals surface area contributed by atoms with Gasteiger partial charge >= 0.3 is 0 Å². The zero-order valence-electron chi connectivity index (χ0n) is 10.3. The molecule has 2 rings (SSSR count). The van der Waals surface area contributed by atoms with Crippen molar-refractivity contribution < 1.29 is 4.74 Å². The van der Waals surface area contributed by atoms with Gasteiger partial charge in [0, 0.05) is 31.5 Å². The number of ether oxygens (including phenoxy) is 1. The fraction of sp³-hybridized carbons (Fsp3) is 0.636. The number of hydrogen-bond acceptors (Lipinski definition) is 5. The molecule has 1 atom stereocenters. The molecule has 2 N–H and O–H groups in total. The van der Waals surface area contributed by atoms with Crippen LogP contribution in [0.3, 0.4) is 0 Å². The van der Waals surface area contributed by atoms with Crippen molar-refractivity contribution in [3.63, 3.8) is 0 Å². The van der Waals surface area contributed by atoms with Gasteiger partial charge in [0.1, 0.15) is 0 Å². The van der Waals surface area contributed by atoms with Crippen molar-refractivity contribution in [3.8, 4) is 0 Å². The maximum absolute atomic E-state index is 5.00. The Kier molecular flexibility index (Phi) is 3.98. The average Bonchev–Trinajstić information content (AvgIpc) is 2.93. The van der Waals surface area contributed by atoms with Crippen LogP contribution in [0.1, 0.15) is 12.5 Å². The Bertz CT molecular complexity index is 387. The number of methoxy groups -OCH3 is 1. The molecule has 0 amide bonds. The van der Waals surface area contributed by atoms with Gasteiger partial charge in [0.2, 0.25) is 0 Å². The van der Waals surface area contributed by atoms with Crippen molar-refractivity contribution in [3.05, 3.63) is 18.0 Å². The summed E-state index contributed by atoms with van der Waals surface area (Å²) in [5.74, 6) is 0.877. The maximum atomic E-state index is 5.00. The molecule has 2 heterocycles. The van der Waals surface area contributed by atoms with Gasteiger partial charge in [0.15, 0.2) is 5.96 Å². The number of hydrogen-bond donors (Lipinski definition) is 2. The Morgan fingerprint density at radius 2 is 2.53 bits per heavy atom. The van der Waals surface area contributed by atoms with Crippen molar-refractivity contribution in [1.29, 1.82) is 0 Å². The zero-order valence-corrected chi connectivity index (χ0v) is 10.3. The van der Waals surface area contributed by atoms with Gasteiger partial charge in [-0.25, -0.2) is 0 Å². The molecule has 1 aromatic rings. The summed E-state index contributed by atoms with van der Waals surface area (Å²) in [5.41, 5.74) is 1.14. The van der Waals surface area contributed by atoms with E-state index in [0.717, 1.165) is 31.2 Å². The van der Waals surface area contributed by atoms with Crippen LogP contribution < -0.4 is 10.6 Å². The number of guanidine groups is 1. The minimum Gasteiger partial charge on any atom is -0.383 e. The molecule has 0 saturated heterocycles. The molecule has 0 fully saturated rings.